The molecule has 1 aromatic heterocycles. The molecule has 7 nitrogen and oxygen atoms in total. The van der Waals surface area contributed by atoms with Gasteiger partial charge in [-0.2, -0.15) is 0 Å². The summed E-state index contributed by atoms with van der Waals surface area (Å²) in [5.41, 5.74) is 6.87. The number of carbonyl (C=O) groups is 2. The van der Waals surface area contributed by atoms with E-state index in [0.29, 0.717) is 57.1 Å². The first-order valence-electron chi connectivity index (χ1n) is 12.0. The molecular weight excluding hydrogens is 433 g/mol. The summed E-state index contributed by atoms with van der Waals surface area (Å²) < 4.78 is 13.5. The number of piperidine rings is 2. The van der Waals surface area contributed by atoms with Crippen molar-refractivity contribution < 1.29 is 14.0 Å². The van der Waals surface area contributed by atoms with E-state index >= 15 is 0 Å². The number of halogens is 1. The number of carbonyl (C=O) groups excluding carboxylic acids is 2. The van der Waals surface area contributed by atoms with Crippen LogP contribution in [0.15, 0.2) is 30.3 Å². The van der Waals surface area contributed by atoms with E-state index in [-0.39, 0.29) is 23.0 Å². The van der Waals surface area contributed by atoms with Crippen molar-refractivity contribution in [3.63, 3.8) is 0 Å². The predicted molar refractivity (Wildman–Crippen MR) is 128 cm³/mol. The van der Waals surface area contributed by atoms with Crippen molar-refractivity contribution in [2.24, 2.45) is 5.41 Å². The summed E-state index contributed by atoms with van der Waals surface area (Å²) in [6, 6.07) is 8.22. The van der Waals surface area contributed by atoms with Gasteiger partial charge in [-0.25, -0.2) is 14.4 Å². The fraction of sp³-hybridized carbons (Fsp3) is 0.538. The summed E-state index contributed by atoms with van der Waals surface area (Å²) in [5, 5.41) is 0. The molecule has 0 saturated carbocycles. The molecule has 8 heteroatoms. The lowest BCUT2D eigenvalue weighted by Gasteiger charge is -2.47. The van der Waals surface area contributed by atoms with Gasteiger partial charge in [-0.15, -0.1) is 0 Å². The van der Waals surface area contributed by atoms with Crippen LogP contribution in [0.1, 0.15) is 56.6 Å². The van der Waals surface area contributed by atoms with Gasteiger partial charge in [-0.3, -0.25) is 9.59 Å². The molecule has 2 aliphatic rings. The first-order valence-corrected chi connectivity index (χ1v) is 12.0. The molecular formula is C26H34FN5O2. The number of hydrogen-bond acceptors (Lipinski definition) is 5. The van der Waals surface area contributed by atoms with Gasteiger partial charge >= 0.3 is 0 Å². The molecule has 1 aromatic carbocycles. The van der Waals surface area contributed by atoms with Crippen LogP contribution < -0.4 is 5.73 Å². The molecule has 0 radical (unpaired) electrons. The van der Waals surface area contributed by atoms with E-state index in [0.717, 1.165) is 24.1 Å². The summed E-state index contributed by atoms with van der Waals surface area (Å²) >= 11 is 0. The lowest BCUT2D eigenvalue weighted by molar-refractivity contribution is -0.150. The number of amides is 2. The highest BCUT2D eigenvalue weighted by molar-refractivity contribution is 5.84. The number of likely N-dealkylation sites (tertiary alicyclic amines) is 2. The summed E-state index contributed by atoms with van der Waals surface area (Å²) in [6.45, 7) is 7.89. The Hall–Kier alpha value is -3.03. The largest absolute Gasteiger partial charge is 0.384 e. The van der Waals surface area contributed by atoms with Crippen LogP contribution in [-0.2, 0) is 21.4 Å². The van der Waals surface area contributed by atoms with Crippen molar-refractivity contribution >= 4 is 17.6 Å². The molecule has 2 N–H and O–H groups in total. The third-order valence-corrected chi connectivity index (χ3v) is 7.54. The van der Waals surface area contributed by atoms with Crippen LogP contribution in [0.3, 0.4) is 0 Å². The standard InChI is InChI=1S/C26H34FN5O2/c1-18-29-22(15-23(28)30-18)25(3)9-4-12-32(17-25)24(34)26(10-13-31(14-11-26)19(2)33)16-20-5-7-21(27)8-6-20/h5-8,15H,4,9-14,16-17H2,1-3H3,(H2,28,29,30)/t25-/m0/s1. The fourth-order valence-electron chi connectivity index (χ4n) is 5.57. The SMILES string of the molecule is CC(=O)N1CCC(Cc2ccc(F)cc2)(C(=O)N2CCC[C@](C)(c3cc(N)nc(C)n3)C2)CC1. The molecule has 0 bridgehead atoms. The minimum Gasteiger partial charge on any atom is -0.384 e. The monoisotopic (exact) mass is 467 g/mol. The number of aryl methyl sites for hydroxylation is 1. The number of anilines is 1. The third kappa shape index (κ3) is 4.91. The molecule has 3 heterocycles. The fourth-order valence-corrected chi connectivity index (χ4v) is 5.57. The number of nitrogen functional groups attached to an aromatic ring is 1. The summed E-state index contributed by atoms with van der Waals surface area (Å²) in [6.07, 6.45) is 3.50. The van der Waals surface area contributed by atoms with E-state index in [4.69, 9.17) is 5.73 Å². The van der Waals surface area contributed by atoms with Gasteiger partial charge in [0.25, 0.3) is 0 Å². The maximum absolute atomic E-state index is 14.2. The first-order chi connectivity index (χ1) is 16.1. The van der Waals surface area contributed by atoms with Crippen molar-refractivity contribution in [3.05, 3.63) is 53.2 Å². The molecule has 0 spiro atoms. The van der Waals surface area contributed by atoms with Crippen LogP contribution in [0.5, 0.6) is 0 Å². The highest BCUT2D eigenvalue weighted by Gasteiger charge is 2.46. The van der Waals surface area contributed by atoms with E-state index in [1.165, 1.54) is 12.1 Å². The zero-order valence-corrected chi connectivity index (χ0v) is 20.3. The maximum atomic E-state index is 14.2. The predicted octanol–water partition coefficient (Wildman–Crippen LogP) is 3.26. The normalized spacial score (nSPS) is 22.5. The lowest BCUT2D eigenvalue weighted by atomic mass is 9.71. The van der Waals surface area contributed by atoms with Crippen molar-refractivity contribution in [3.8, 4) is 0 Å². The average Bonchev–Trinajstić information content (AvgIpc) is 2.80. The van der Waals surface area contributed by atoms with Gasteiger partial charge in [0.05, 0.1) is 11.1 Å². The zero-order valence-electron chi connectivity index (χ0n) is 20.3. The number of aromatic nitrogens is 2. The topological polar surface area (TPSA) is 92.4 Å². The van der Waals surface area contributed by atoms with Gasteiger partial charge in [0.15, 0.2) is 0 Å². The lowest BCUT2D eigenvalue weighted by Crippen LogP contribution is -2.56. The molecule has 4 rings (SSSR count). The van der Waals surface area contributed by atoms with E-state index in [9.17, 15) is 14.0 Å². The Kier molecular flexibility index (Phi) is 6.60. The number of benzene rings is 1. The van der Waals surface area contributed by atoms with E-state index in [1.807, 2.05) is 22.8 Å². The van der Waals surface area contributed by atoms with Crippen molar-refractivity contribution in [1.82, 2.24) is 19.8 Å². The van der Waals surface area contributed by atoms with Crippen LogP contribution >= 0.6 is 0 Å². The summed E-state index contributed by atoms with van der Waals surface area (Å²) in [4.78, 5) is 38.7. The molecule has 2 aliphatic heterocycles. The molecule has 2 saturated heterocycles. The van der Waals surface area contributed by atoms with Gasteiger partial charge in [0.2, 0.25) is 11.8 Å². The number of nitrogens with zero attached hydrogens (tertiary/aromatic N) is 4. The Labute approximate surface area is 200 Å². The minimum absolute atomic E-state index is 0.0325. The molecule has 1 atom stereocenters. The summed E-state index contributed by atoms with van der Waals surface area (Å²) in [5.74, 6) is 0.928. The van der Waals surface area contributed by atoms with Gasteiger partial charge in [0.1, 0.15) is 17.5 Å². The number of rotatable bonds is 4. The van der Waals surface area contributed by atoms with Gasteiger partial charge in [0, 0.05) is 44.6 Å². The van der Waals surface area contributed by atoms with Crippen molar-refractivity contribution in [2.75, 3.05) is 31.9 Å². The molecule has 0 aliphatic carbocycles. The quantitative estimate of drug-likeness (QED) is 0.745. The van der Waals surface area contributed by atoms with E-state index in [1.54, 1.807) is 19.1 Å². The minimum atomic E-state index is -0.622. The van der Waals surface area contributed by atoms with Gasteiger partial charge in [-0.05, 0) is 56.7 Å². The molecule has 182 valence electrons. The Morgan fingerprint density at radius 3 is 2.35 bits per heavy atom. The second-order valence-electron chi connectivity index (χ2n) is 10.2. The van der Waals surface area contributed by atoms with Gasteiger partial charge < -0.3 is 15.5 Å². The van der Waals surface area contributed by atoms with Crippen LogP contribution in [0.2, 0.25) is 0 Å². The summed E-state index contributed by atoms with van der Waals surface area (Å²) in [7, 11) is 0. The van der Waals surface area contributed by atoms with Gasteiger partial charge in [-0.1, -0.05) is 19.1 Å². The first kappa shape index (κ1) is 24.1. The molecule has 2 fully saturated rings. The Morgan fingerprint density at radius 1 is 1.06 bits per heavy atom. The van der Waals surface area contributed by atoms with Crippen LogP contribution in [-0.4, -0.2) is 57.8 Å². The maximum Gasteiger partial charge on any atom is 0.229 e. The highest BCUT2D eigenvalue weighted by Crippen LogP contribution is 2.40. The smallest absolute Gasteiger partial charge is 0.229 e. The van der Waals surface area contributed by atoms with Crippen LogP contribution in [0.4, 0.5) is 10.2 Å². The number of hydrogen-bond donors (Lipinski definition) is 1. The Bertz CT molecular complexity index is 1050. The average molecular weight is 468 g/mol. The third-order valence-electron chi connectivity index (χ3n) is 7.54. The Balaban J connectivity index is 1.61. The Morgan fingerprint density at radius 2 is 1.74 bits per heavy atom. The highest BCUT2D eigenvalue weighted by atomic mass is 19.1. The van der Waals surface area contributed by atoms with E-state index in [2.05, 4.69) is 16.9 Å². The second-order valence-corrected chi connectivity index (χ2v) is 10.2. The van der Waals surface area contributed by atoms with Crippen LogP contribution in [0, 0.1) is 18.2 Å². The van der Waals surface area contributed by atoms with E-state index < -0.39 is 5.41 Å². The molecule has 2 amide bonds. The van der Waals surface area contributed by atoms with Crippen LogP contribution in [0.25, 0.3) is 0 Å². The molecule has 2 aromatic rings. The molecule has 0 unspecified atom stereocenters. The molecule has 34 heavy (non-hydrogen) atoms. The number of nitrogens with two attached hydrogens (primary N) is 1. The second kappa shape index (κ2) is 9.31. The zero-order chi connectivity index (χ0) is 24.5. The van der Waals surface area contributed by atoms with Crippen molar-refractivity contribution in [1.29, 1.82) is 0 Å². The van der Waals surface area contributed by atoms with Crippen molar-refractivity contribution in [2.45, 2.75) is 58.3 Å².